The van der Waals surface area contributed by atoms with E-state index in [4.69, 9.17) is 4.42 Å². The molecular weight excluding hydrogens is 385 g/mol. The first-order valence-corrected chi connectivity index (χ1v) is 10.3. The summed E-state index contributed by atoms with van der Waals surface area (Å²) in [6, 6.07) is 10.0. The standard InChI is InChI=1S/C22H26FN5O2/c1-16-2-7-19(30-16)15-27-11-9-21-26-25-20(28(21)13-12-27)8-10-24-22(29)14-17-3-5-18(23)6-4-17/h2-7H,8-15H2,1H3,(H,24,29). The summed E-state index contributed by atoms with van der Waals surface area (Å²) in [6.45, 7) is 5.87. The maximum Gasteiger partial charge on any atom is 0.224 e. The number of nitrogens with zero attached hydrogens (tertiary/aromatic N) is 4. The molecule has 2 aromatic heterocycles. The largest absolute Gasteiger partial charge is 0.465 e. The van der Waals surface area contributed by atoms with E-state index >= 15 is 0 Å². The fourth-order valence-corrected chi connectivity index (χ4v) is 3.72. The average Bonchev–Trinajstić information content (AvgIpc) is 3.25. The maximum absolute atomic E-state index is 13.0. The van der Waals surface area contributed by atoms with Crippen LogP contribution in [0, 0.1) is 12.7 Å². The number of aryl methyl sites for hydroxylation is 1. The number of halogens is 1. The van der Waals surface area contributed by atoms with Crippen molar-refractivity contribution < 1.29 is 13.6 Å². The van der Waals surface area contributed by atoms with Crippen molar-refractivity contribution >= 4 is 5.91 Å². The lowest BCUT2D eigenvalue weighted by atomic mass is 10.1. The molecule has 0 atom stereocenters. The van der Waals surface area contributed by atoms with Crippen molar-refractivity contribution in [1.29, 1.82) is 0 Å². The molecule has 1 aliphatic rings. The Bertz CT molecular complexity index is 995. The molecule has 0 saturated heterocycles. The minimum Gasteiger partial charge on any atom is -0.465 e. The summed E-state index contributed by atoms with van der Waals surface area (Å²) in [5.74, 6) is 3.40. The molecule has 1 aromatic carbocycles. The van der Waals surface area contributed by atoms with E-state index in [1.54, 1.807) is 12.1 Å². The third-order valence-corrected chi connectivity index (χ3v) is 5.32. The van der Waals surface area contributed by atoms with Gasteiger partial charge in [-0.15, -0.1) is 10.2 Å². The lowest BCUT2D eigenvalue weighted by Gasteiger charge is -2.18. The average molecular weight is 411 g/mol. The number of amides is 1. The Kier molecular flexibility index (Phi) is 6.23. The second kappa shape index (κ2) is 9.21. The van der Waals surface area contributed by atoms with Crippen LogP contribution in [0.15, 0.2) is 40.8 Å². The van der Waals surface area contributed by atoms with E-state index in [-0.39, 0.29) is 18.1 Å². The molecule has 3 heterocycles. The number of hydrogen-bond acceptors (Lipinski definition) is 5. The number of rotatable bonds is 7. The highest BCUT2D eigenvalue weighted by Crippen LogP contribution is 2.14. The molecule has 0 fully saturated rings. The Balaban J connectivity index is 1.26. The van der Waals surface area contributed by atoms with Gasteiger partial charge in [-0.1, -0.05) is 12.1 Å². The molecule has 0 saturated carbocycles. The molecule has 30 heavy (non-hydrogen) atoms. The van der Waals surface area contributed by atoms with Gasteiger partial charge in [0.15, 0.2) is 0 Å². The van der Waals surface area contributed by atoms with Gasteiger partial charge in [0.25, 0.3) is 0 Å². The predicted molar refractivity (Wildman–Crippen MR) is 109 cm³/mol. The molecule has 8 heteroatoms. The number of carbonyl (C=O) groups is 1. The number of aromatic nitrogens is 3. The zero-order valence-corrected chi connectivity index (χ0v) is 17.1. The van der Waals surface area contributed by atoms with E-state index in [1.165, 1.54) is 12.1 Å². The van der Waals surface area contributed by atoms with Crippen LogP contribution in [-0.4, -0.2) is 45.2 Å². The molecule has 0 aliphatic carbocycles. The Morgan fingerprint density at radius 2 is 1.97 bits per heavy atom. The molecule has 1 N–H and O–H groups in total. The third-order valence-electron chi connectivity index (χ3n) is 5.32. The fraction of sp³-hybridized carbons (Fsp3) is 0.409. The lowest BCUT2D eigenvalue weighted by Crippen LogP contribution is -2.28. The number of fused-ring (bicyclic) bond motifs is 1. The van der Waals surface area contributed by atoms with Gasteiger partial charge >= 0.3 is 0 Å². The topological polar surface area (TPSA) is 76.2 Å². The minimum absolute atomic E-state index is 0.0860. The monoisotopic (exact) mass is 411 g/mol. The van der Waals surface area contributed by atoms with Gasteiger partial charge in [-0.2, -0.15) is 0 Å². The first kappa shape index (κ1) is 20.3. The molecule has 0 spiro atoms. The van der Waals surface area contributed by atoms with Crippen molar-refractivity contribution in [2.24, 2.45) is 0 Å². The highest BCUT2D eigenvalue weighted by atomic mass is 19.1. The van der Waals surface area contributed by atoms with Crippen molar-refractivity contribution in [3.8, 4) is 0 Å². The van der Waals surface area contributed by atoms with Crippen LogP contribution < -0.4 is 5.32 Å². The summed E-state index contributed by atoms with van der Waals surface area (Å²) in [5.41, 5.74) is 0.789. The second-order valence-electron chi connectivity index (χ2n) is 7.63. The van der Waals surface area contributed by atoms with Crippen LogP contribution in [0.25, 0.3) is 0 Å². The van der Waals surface area contributed by atoms with E-state index < -0.39 is 0 Å². The zero-order chi connectivity index (χ0) is 20.9. The number of nitrogens with one attached hydrogen (secondary N) is 1. The quantitative estimate of drug-likeness (QED) is 0.646. The third kappa shape index (κ3) is 5.13. The summed E-state index contributed by atoms with van der Waals surface area (Å²) in [7, 11) is 0. The summed E-state index contributed by atoms with van der Waals surface area (Å²) < 4.78 is 20.8. The van der Waals surface area contributed by atoms with E-state index in [0.717, 1.165) is 61.3 Å². The van der Waals surface area contributed by atoms with Gasteiger partial charge in [0, 0.05) is 39.0 Å². The summed E-state index contributed by atoms with van der Waals surface area (Å²) in [4.78, 5) is 14.5. The van der Waals surface area contributed by atoms with Crippen molar-refractivity contribution in [3.05, 3.63) is 70.9 Å². The summed E-state index contributed by atoms with van der Waals surface area (Å²) in [6.07, 6.45) is 1.70. The number of furan rings is 1. The first-order chi connectivity index (χ1) is 14.6. The van der Waals surface area contributed by atoms with Gasteiger partial charge < -0.3 is 14.3 Å². The number of carbonyl (C=O) groups excluding carboxylic acids is 1. The molecule has 1 aliphatic heterocycles. The van der Waals surface area contributed by atoms with Crippen LogP contribution in [0.5, 0.6) is 0 Å². The van der Waals surface area contributed by atoms with Gasteiger partial charge in [0.1, 0.15) is 29.0 Å². The van der Waals surface area contributed by atoms with Crippen LogP contribution in [0.4, 0.5) is 4.39 Å². The SMILES string of the molecule is Cc1ccc(CN2CCc3nnc(CCNC(=O)Cc4ccc(F)cc4)n3CC2)o1. The van der Waals surface area contributed by atoms with Gasteiger partial charge in [-0.3, -0.25) is 9.69 Å². The molecule has 158 valence electrons. The van der Waals surface area contributed by atoms with Gasteiger partial charge in [-0.05, 0) is 36.8 Å². The summed E-state index contributed by atoms with van der Waals surface area (Å²) in [5, 5.41) is 11.6. The van der Waals surface area contributed by atoms with E-state index in [9.17, 15) is 9.18 Å². The molecule has 1 amide bonds. The van der Waals surface area contributed by atoms with E-state index in [0.29, 0.717) is 13.0 Å². The van der Waals surface area contributed by atoms with Crippen LogP contribution in [0.1, 0.15) is 28.7 Å². The second-order valence-corrected chi connectivity index (χ2v) is 7.63. The maximum atomic E-state index is 13.0. The molecule has 7 nitrogen and oxygen atoms in total. The van der Waals surface area contributed by atoms with E-state index in [2.05, 4.69) is 25.0 Å². The molecule has 0 radical (unpaired) electrons. The Morgan fingerprint density at radius 3 is 2.73 bits per heavy atom. The first-order valence-electron chi connectivity index (χ1n) is 10.3. The van der Waals surface area contributed by atoms with Crippen molar-refractivity contribution in [1.82, 2.24) is 25.0 Å². The smallest absolute Gasteiger partial charge is 0.224 e. The Morgan fingerprint density at radius 1 is 1.13 bits per heavy atom. The van der Waals surface area contributed by atoms with Crippen molar-refractivity contribution in [3.63, 3.8) is 0 Å². The number of benzene rings is 1. The molecular formula is C22H26FN5O2. The van der Waals surface area contributed by atoms with Gasteiger partial charge in [0.2, 0.25) is 5.91 Å². The van der Waals surface area contributed by atoms with Crippen molar-refractivity contribution in [2.45, 2.75) is 39.3 Å². The predicted octanol–water partition coefficient (Wildman–Crippen LogP) is 2.28. The van der Waals surface area contributed by atoms with Gasteiger partial charge in [0.05, 0.1) is 13.0 Å². The van der Waals surface area contributed by atoms with Crippen LogP contribution >= 0.6 is 0 Å². The highest BCUT2D eigenvalue weighted by molar-refractivity contribution is 5.78. The van der Waals surface area contributed by atoms with Crippen LogP contribution in [0.3, 0.4) is 0 Å². The van der Waals surface area contributed by atoms with Gasteiger partial charge in [-0.25, -0.2) is 4.39 Å². The lowest BCUT2D eigenvalue weighted by molar-refractivity contribution is -0.120. The van der Waals surface area contributed by atoms with Crippen LogP contribution in [0.2, 0.25) is 0 Å². The summed E-state index contributed by atoms with van der Waals surface area (Å²) >= 11 is 0. The molecule has 4 rings (SSSR count). The highest BCUT2D eigenvalue weighted by Gasteiger charge is 2.19. The molecule has 3 aromatic rings. The zero-order valence-electron chi connectivity index (χ0n) is 17.1. The van der Waals surface area contributed by atoms with Crippen LogP contribution in [-0.2, 0) is 37.1 Å². The molecule has 0 bridgehead atoms. The fourth-order valence-electron chi connectivity index (χ4n) is 3.72. The Hall–Kier alpha value is -3.00. The Labute approximate surface area is 174 Å². The van der Waals surface area contributed by atoms with E-state index in [1.807, 2.05) is 19.1 Å². The molecule has 0 unspecified atom stereocenters. The van der Waals surface area contributed by atoms with Crippen molar-refractivity contribution in [2.75, 3.05) is 19.6 Å². The normalized spacial score (nSPS) is 14.3. The minimum atomic E-state index is -0.301. The number of hydrogen-bond donors (Lipinski definition) is 1.